The van der Waals surface area contributed by atoms with Crippen molar-refractivity contribution in [3.8, 4) is 17.1 Å². The van der Waals surface area contributed by atoms with Crippen molar-refractivity contribution in [3.63, 3.8) is 0 Å². The molecule has 2 aliphatic rings. The zero-order valence-electron chi connectivity index (χ0n) is 20.5. The van der Waals surface area contributed by atoms with Gasteiger partial charge in [-0.2, -0.15) is 0 Å². The van der Waals surface area contributed by atoms with Crippen LogP contribution in [-0.4, -0.2) is 74.5 Å². The Hall–Kier alpha value is -3.79. The molecule has 1 saturated heterocycles. The smallest absolute Gasteiger partial charge is 0.254 e. The number of hydrogen-bond donors (Lipinski definition) is 1. The van der Waals surface area contributed by atoms with Crippen molar-refractivity contribution in [1.82, 2.24) is 34.6 Å². The van der Waals surface area contributed by atoms with Crippen molar-refractivity contribution in [2.24, 2.45) is 0 Å². The Morgan fingerprint density at radius 1 is 1.11 bits per heavy atom. The average Bonchev–Trinajstić information content (AvgIpc) is 3.44. The molecule has 2 fully saturated rings. The van der Waals surface area contributed by atoms with Crippen LogP contribution in [0.25, 0.3) is 22.7 Å². The van der Waals surface area contributed by atoms with Crippen molar-refractivity contribution in [2.75, 3.05) is 38.1 Å². The number of nitrogens with one attached hydrogen (secondary N) is 1. The Labute approximate surface area is 208 Å². The van der Waals surface area contributed by atoms with Crippen LogP contribution in [-0.2, 0) is 0 Å². The molecule has 1 aromatic carbocycles. The SMILES string of the molecule is Cc1cc(F)c(C(=O)NC2CC2)cc1-n1cc(-c2cnc3ccc(N4CCCN(C)CC4)cn23)nn1. The van der Waals surface area contributed by atoms with Gasteiger partial charge in [-0.25, -0.2) is 14.1 Å². The molecular weight excluding hydrogens is 459 g/mol. The highest BCUT2D eigenvalue weighted by molar-refractivity contribution is 5.95. The lowest BCUT2D eigenvalue weighted by atomic mass is 10.1. The summed E-state index contributed by atoms with van der Waals surface area (Å²) in [5.74, 6) is -0.936. The second-order valence-electron chi connectivity index (χ2n) is 9.82. The molecule has 1 saturated carbocycles. The minimum atomic E-state index is -0.538. The molecular formula is C26H29FN8O. The Bertz CT molecular complexity index is 1440. The first-order valence-corrected chi connectivity index (χ1v) is 12.4. The topological polar surface area (TPSA) is 83.6 Å². The standard InChI is InChI=1S/C26H29FN8O/c1-17-12-21(27)20(26(36)29-18-4-5-18)13-23(17)35-16-22(30-31-35)24-14-28-25-7-6-19(15-34(24)25)33-9-3-8-32(2)10-11-33/h6-7,12-16,18H,3-5,8-11H2,1-2H3,(H,29,36). The number of fused-ring (bicyclic) bond motifs is 1. The van der Waals surface area contributed by atoms with Crippen LogP contribution in [0.5, 0.6) is 0 Å². The lowest BCUT2D eigenvalue weighted by molar-refractivity contribution is 0.0947. The number of carbonyl (C=O) groups excluding carboxylic acids is 1. The Kier molecular flexibility index (Phi) is 5.67. The van der Waals surface area contributed by atoms with Gasteiger partial charge in [0.2, 0.25) is 0 Å². The fourth-order valence-corrected chi connectivity index (χ4v) is 4.72. The summed E-state index contributed by atoms with van der Waals surface area (Å²) in [7, 11) is 2.16. The van der Waals surface area contributed by atoms with Crippen molar-refractivity contribution in [2.45, 2.75) is 32.2 Å². The largest absolute Gasteiger partial charge is 0.369 e. The third-order valence-corrected chi connectivity index (χ3v) is 7.02. The number of halogens is 1. The zero-order chi connectivity index (χ0) is 24.8. The highest BCUT2D eigenvalue weighted by Gasteiger charge is 2.26. The number of amides is 1. The van der Waals surface area contributed by atoms with E-state index in [4.69, 9.17) is 0 Å². The molecule has 1 aliphatic carbocycles. The van der Waals surface area contributed by atoms with E-state index in [1.54, 1.807) is 30.1 Å². The molecule has 3 aromatic heterocycles. The number of nitrogens with zero attached hydrogens (tertiary/aromatic N) is 7. The summed E-state index contributed by atoms with van der Waals surface area (Å²) in [6, 6.07) is 7.20. The quantitative estimate of drug-likeness (QED) is 0.465. The van der Waals surface area contributed by atoms with Crippen molar-refractivity contribution in [1.29, 1.82) is 0 Å². The molecule has 36 heavy (non-hydrogen) atoms. The van der Waals surface area contributed by atoms with Crippen LogP contribution in [0.4, 0.5) is 10.1 Å². The highest BCUT2D eigenvalue weighted by atomic mass is 19.1. The number of benzene rings is 1. The summed E-state index contributed by atoms with van der Waals surface area (Å²) < 4.78 is 18.2. The summed E-state index contributed by atoms with van der Waals surface area (Å²) in [6.45, 7) is 5.91. The van der Waals surface area contributed by atoms with Gasteiger partial charge >= 0.3 is 0 Å². The fourth-order valence-electron chi connectivity index (χ4n) is 4.72. The van der Waals surface area contributed by atoms with E-state index < -0.39 is 11.7 Å². The minimum Gasteiger partial charge on any atom is -0.369 e. The second kappa shape index (κ2) is 9.02. The van der Waals surface area contributed by atoms with E-state index in [1.165, 1.54) is 6.07 Å². The number of pyridine rings is 1. The van der Waals surface area contributed by atoms with Gasteiger partial charge in [0.15, 0.2) is 0 Å². The van der Waals surface area contributed by atoms with Gasteiger partial charge in [-0.3, -0.25) is 9.20 Å². The number of likely N-dealkylation sites (N-methyl/N-ethyl adjacent to an activating group) is 1. The summed E-state index contributed by atoms with van der Waals surface area (Å²) in [5, 5.41) is 11.5. The molecule has 186 valence electrons. The molecule has 0 atom stereocenters. The fraction of sp³-hybridized carbons (Fsp3) is 0.385. The zero-order valence-corrected chi connectivity index (χ0v) is 20.5. The maximum absolute atomic E-state index is 14.6. The number of anilines is 1. The van der Waals surface area contributed by atoms with E-state index >= 15 is 0 Å². The van der Waals surface area contributed by atoms with Gasteiger partial charge in [0.05, 0.1) is 35.0 Å². The van der Waals surface area contributed by atoms with Crippen LogP contribution in [0, 0.1) is 12.7 Å². The normalized spacial score (nSPS) is 16.9. The first-order chi connectivity index (χ1) is 17.5. The lowest BCUT2D eigenvalue weighted by Crippen LogP contribution is -2.28. The first-order valence-electron chi connectivity index (χ1n) is 12.4. The van der Waals surface area contributed by atoms with E-state index in [0.29, 0.717) is 16.9 Å². The van der Waals surface area contributed by atoms with Gasteiger partial charge in [0, 0.05) is 31.9 Å². The number of imidazole rings is 1. The molecule has 0 radical (unpaired) electrons. The van der Waals surface area contributed by atoms with E-state index in [9.17, 15) is 9.18 Å². The van der Waals surface area contributed by atoms with Crippen LogP contribution in [0.15, 0.2) is 42.9 Å². The number of hydrogen-bond acceptors (Lipinski definition) is 6. The first kappa shape index (κ1) is 22.7. The molecule has 0 unspecified atom stereocenters. The monoisotopic (exact) mass is 488 g/mol. The summed E-state index contributed by atoms with van der Waals surface area (Å²) in [5.41, 5.74) is 4.72. The van der Waals surface area contributed by atoms with Crippen molar-refractivity contribution < 1.29 is 9.18 Å². The molecule has 4 heterocycles. The van der Waals surface area contributed by atoms with Crippen LogP contribution in [0.3, 0.4) is 0 Å². The summed E-state index contributed by atoms with van der Waals surface area (Å²) in [4.78, 5) is 21.8. The van der Waals surface area contributed by atoms with Gasteiger partial charge in [-0.05, 0) is 69.6 Å². The number of aromatic nitrogens is 5. The molecule has 1 amide bonds. The van der Waals surface area contributed by atoms with Crippen molar-refractivity contribution in [3.05, 3.63) is 59.8 Å². The highest BCUT2D eigenvalue weighted by Crippen LogP contribution is 2.26. The predicted molar refractivity (Wildman–Crippen MR) is 135 cm³/mol. The van der Waals surface area contributed by atoms with Crippen LogP contribution >= 0.6 is 0 Å². The third kappa shape index (κ3) is 4.32. The second-order valence-corrected chi connectivity index (χ2v) is 9.82. The van der Waals surface area contributed by atoms with Crippen molar-refractivity contribution >= 4 is 17.2 Å². The average molecular weight is 489 g/mol. The van der Waals surface area contributed by atoms with Gasteiger partial charge in [-0.15, -0.1) is 5.10 Å². The van der Waals surface area contributed by atoms with Gasteiger partial charge in [0.25, 0.3) is 5.91 Å². The van der Waals surface area contributed by atoms with E-state index in [-0.39, 0.29) is 11.6 Å². The minimum absolute atomic E-state index is 0.0158. The van der Waals surface area contributed by atoms with E-state index in [1.807, 2.05) is 10.5 Å². The number of aryl methyl sites for hydroxylation is 1. The molecule has 6 rings (SSSR count). The molecule has 4 aromatic rings. The molecule has 10 heteroatoms. The van der Waals surface area contributed by atoms with Crippen LogP contribution in [0.1, 0.15) is 35.2 Å². The molecule has 0 spiro atoms. The van der Waals surface area contributed by atoms with Gasteiger partial charge < -0.3 is 15.1 Å². The maximum Gasteiger partial charge on any atom is 0.254 e. The number of carbonyl (C=O) groups is 1. The Balaban J connectivity index is 1.32. The molecule has 0 bridgehead atoms. The van der Waals surface area contributed by atoms with Crippen LogP contribution < -0.4 is 10.2 Å². The van der Waals surface area contributed by atoms with Crippen LogP contribution in [0.2, 0.25) is 0 Å². The Morgan fingerprint density at radius 3 is 2.81 bits per heavy atom. The molecule has 1 N–H and O–H groups in total. The van der Waals surface area contributed by atoms with E-state index in [2.05, 4.69) is 49.7 Å². The summed E-state index contributed by atoms with van der Waals surface area (Å²) in [6.07, 6.45) is 8.68. The molecule has 1 aliphatic heterocycles. The third-order valence-electron chi connectivity index (χ3n) is 7.02. The maximum atomic E-state index is 14.6. The predicted octanol–water partition coefficient (Wildman–Crippen LogP) is 3.06. The Morgan fingerprint density at radius 2 is 1.97 bits per heavy atom. The van der Waals surface area contributed by atoms with Gasteiger partial charge in [0.1, 0.15) is 17.2 Å². The number of rotatable bonds is 5. The van der Waals surface area contributed by atoms with Gasteiger partial charge in [-0.1, -0.05) is 5.21 Å². The van der Waals surface area contributed by atoms with E-state index in [0.717, 1.165) is 62.5 Å². The lowest BCUT2D eigenvalue weighted by Gasteiger charge is -2.23. The summed E-state index contributed by atoms with van der Waals surface area (Å²) >= 11 is 0. The molecule has 9 nitrogen and oxygen atoms in total.